The first-order valence-electron chi connectivity index (χ1n) is 9.65. The van der Waals surface area contributed by atoms with Crippen molar-refractivity contribution in [3.8, 4) is 0 Å². The molecule has 2 atom stereocenters. The van der Waals surface area contributed by atoms with Crippen molar-refractivity contribution in [3.05, 3.63) is 23.2 Å². The van der Waals surface area contributed by atoms with E-state index in [0.29, 0.717) is 0 Å². The maximum absolute atomic E-state index is 13.0. The number of hydrogen-bond acceptors (Lipinski definition) is 13. The summed E-state index contributed by atoms with van der Waals surface area (Å²) in [5, 5.41) is 20.5. The summed E-state index contributed by atoms with van der Waals surface area (Å²) in [6, 6.07) is -2.73. The molecule has 17 nitrogen and oxygen atoms in total. The van der Waals surface area contributed by atoms with Crippen LogP contribution < -0.4 is 16.8 Å². The number of aliphatic carboxylic acids is 1. The fourth-order valence-corrected chi connectivity index (χ4v) is 4.28. The van der Waals surface area contributed by atoms with E-state index in [-0.39, 0.29) is 34.0 Å². The quantitative estimate of drug-likeness (QED) is 0.0924. The summed E-state index contributed by atoms with van der Waals surface area (Å²) in [7, 11) is -4.96. The largest absolute Gasteiger partial charge is 0.478 e. The number of nitrogen functional groups attached to an aromatic ring is 1. The first-order valence-corrected chi connectivity index (χ1v) is 11.9. The molecular formula is C16H21N9O8S2. The molecule has 0 aromatic carbocycles. The minimum Gasteiger partial charge on any atom is -0.478 e. The number of amides is 2. The van der Waals surface area contributed by atoms with Crippen LogP contribution in [0.2, 0.25) is 0 Å². The van der Waals surface area contributed by atoms with Gasteiger partial charge in [-0.05, 0) is 13.8 Å². The zero-order valence-corrected chi connectivity index (χ0v) is 19.9. The summed E-state index contributed by atoms with van der Waals surface area (Å²) < 4.78 is 34.2. The Morgan fingerprint density at radius 3 is 2.60 bits per heavy atom. The van der Waals surface area contributed by atoms with Crippen molar-refractivity contribution in [1.29, 1.82) is 0 Å². The number of carboxylic acid groups (broad SMARTS) is 1. The van der Waals surface area contributed by atoms with Crippen LogP contribution in [0.1, 0.15) is 25.4 Å². The van der Waals surface area contributed by atoms with Crippen LogP contribution in [0.4, 0.5) is 5.13 Å². The van der Waals surface area contributed by atoms with Crippen LogP contribution in [-0.4, -0.2) is 83.3 Å². The van der Waals surface area contributed by atoms with E-state index in [1.54, 1.807) is 0 Å². The Kier molecular flexibility index (Phi) is 7.06. The predicted octanol–water partition coefficient (Wildman–Crippen LogP) is -2.44. The molecular weight excluding hydrogens is 510 g/mol. The van der Waals surface area contributed by atoms with Crippen molar-refractivity contribution < 1.29 is 37.3 Å². The van der Waals surface area contributed by atoms with Crippen molar-refractivity contribution in [2.24, 2.45) is 10.9 Å². The maximum Gasteiger partial charge on any atom is 0.362 e. The number of thiazole rings is 1. The van der Waals surface area contributed by atoms with Gasteiger partial charge >= 0.3 is 16.3 Å². The second-order valence-corrected chi connectivity index (χ2v) is 9.81. The lowest BCUT2D eigenvalue weighted by Crippen LogP contribution is -2.73. The van der Waals surface area contributed by atoms with Crippen LogP contribution in [0.15, 0.2) is 16.9 Å². The van der Waals surface area contributed by atoms with E-state index in [0.717, 1.165) is 11.3 Å². The summed E-state index contributed by atoms with van der Waals surface area (Å²) in [4.78, 5) is 49.6. The summed E-state index contributed by atoms with van der Waals surface area (Å²) in [5.74, 6) is -3.31. The van der Waals surface area contributed by atoms with Crippen molar-refractivity contribution in [2.75, 3.05) is 5.73 Å². The highest BCUT2D eigenvalue weighted by Crippen LogP contribution is 2.25. The number of β-lactam (4-membered cyclic amide) rings is 1. The van der Waals surface area contributed by atoms with Gasteiger partial charge in [0.15, 0.2) is 16.7 Å². The molecule has 0 aliphatic carbocycles. The number of nitrogens with one attached hydrogen (secondary N) is 1. The standard InChI is InChI=1S/C16H21N9O8S2/c1-16(2,14(28)29)33-23-10(7-5-34-15(18)20-7)12(26)21-11-8(25(13(11)27)35(30,31)32)4-24-6-19-9(3-17)22-24/h5-6,8,11H,3-4,17H2,1-2H3,(H2,18,20)(H,21,26)(H,28,29)(H,30,31,32)/t8-,11-/m0/s1. The van der Waals surface area contributed by atoms with Crippen LogP contribution in [-0.2, 0) is 42.6 Å². The van der Waals surface area contributed by atoms with Gasteiger partial charge < -0.3 is 26.7 Å². The zero-order valence-electron chi connectivity index (χ0n) is 18.2. The Morgan fingerprint density at radius 2 is 2.09 bits per heavy atom. The van der Waals surface area contributed by atoms with E-state index >= 15 is 0 Å². The Bertz CT molecular complexity index is 1290. The number of hydrogen-bond donors (Lipinski definition) is 5. The molecule has 1 aliphatic rings. The van der Waals surface area contributed by atoms with Crippen molar-refractivity contribution in [3.63, 3.8) is 0 Å². The number of nitrogens with zero attached hydrogens (tertiary/aromatic N) is 6. The average molecular weight is 532 g/mol. The van der Waals surface area contributed by atoms with Gasteiger partial charge in [0, 0.05) is 5.38 Å². The lowest BCUT2D eigenvalue weighted by molar-refractivity contribution is -0.161. The molecule has 2 amide bonds. The van der Waals surface area contributed by atoms with E-state index in [1.165, 1.54) is 30.2 Å². The average Bonchev–Trinajstić information content (AvgIpc) is 3.39. The predicted molar refractivity (Wildman–Crippen MR) is 118 cm³/mol. The Balaban J connectivity index is 1.89. The minimum absolute atomic E-state index is 0.00205. The first-order chi connectivity index (χ1) is 16.2. The maximum atomic E-state index is 13.0. The molecule has 0 saturated carbocycles. The van der Waals surface area contributed by atoms with Crippen LogP contribution in [0.25, 0.3) is 0 Å². The van der Waals surface area contributed by atoms with Crippen LogP contribution >= 0.6 is 11.3 Å². The monoisotopic (exact) mass is 531 g/mol. The fourth-order valence-electron chi connectivity index (χ4n) is 2.86. The summed E-state index contributed by atoms with van der Waals surface area (Å²) in [5.41, 5.74) is 8.63. The van der Waals surface area contributed by atoms with Crippen molar-refractivity contribution in [1.82, 2.24) is 29.4 Å². The van der Waals surface area contributed by atoms with Crippen LogP contribution in [0.5, 0.6) is 0 Å². The van der Waals surface area contributed by atoms with E-state index < -0.39 is 51.5 Å². The van der Waals surface area contributed by atoms with Crippen LogP contribution in [0.3, 0.4) is 0 Å². The molecule has 2 aromatic heterocycles. The SMILES string of the molecule is CC(C)(ON=C(C(=O)N[C@@H]1C(=O)N(S(=O)(=O)O)[C@H]1Cn1cnc(CN)n1)c1csc(N)n1)C(=O)O. The second-order valence-electron chi connectivity index (χ2n) is 7.63. The Labute approximate surface area is 201 Å². The van der Waals surface area contributed by atoms with Gasteiger partial charge in [0.25, 0.3) is 11.8 Å². The highest BCUT2D eigenvalue weighted by Gasteiger charge is 2.54. The summed E-state index contributed by atoms with van der Waals surface area (Å²) >= 11 is 0.957. The van der Waals surface area contributed by atoms with Gasteiger partial charge in [0.1, 0.15) is 18.1 Å². The molecule has 35 heavy (non-hydrogen) atoms. The first kappa shape index (κ1) is 25.9. The molecule has 1 aliphatic heterocycles. The molecule has 0 unspecified atom stereocenters. The smallest absolute Gasteiger partial charge is 0.362 e. The minimum atomic E-state index is -4.96. The van der Waals surface area contributed by atoms with Crippen LogP contribution in [0, 0.1) is 0 Å². The molecule has 3 rings (SSSR count). The van der Waals surface area contributed by atoms with Gasteiger partial charge in [-0.25, -0.2) is 19.1 Å². The topological polar surface area (TPSA) is 258 Å². The fraction of sp³-hybridized carbons (Fsp3) is 0.438. The molecule has 7 N–H and O–H groups in total. The Morgan fingerprint density at radius 1 is 1.40 bits per heavy atom. The number of nitrogens with two attached hydrogens (primary N) is 2. The lowest BCUT2D eigenvalue weighted by Gasteiger charge is -2.43. The number of carbonyl (C=O) groups is 3. The molecule has 1 fully saturated rings. The molecule has 0 spiro atoms. The summed E-state index contributed by atoms with van der Waals surface area (Å²) in [6.45, 7) is 2.10. The number of carboxylic acids is 1. The van der Waals surface area contributed by atoms with Gasteiger partial charge in [0.05, 0.1) is 19.1 Å². The third kappa shape index (κ3) is 5.53. The van der Waals surface area contributed by atoms with Gasteiger partial charge in [-0.15, -0.1) is 11.3 Å². The van der Waals surface area contributed by atoms with Crippen molar-refractivity contribution in [2.45, 2.75) is 44.6 Å². The zero-order chi connectivity index (χ0) is 26.1. The number of anilines is 1. The third-order valence-corrected chi connectivity index (χ3v) is 6.33. The molecule has 0 bridgehead atoms. The number of aromatic nitrogens is 4. The van der Waals surface area contributed by atoms with Gasteiger partial charge in [-0.3, -0.25) is 18.8 Å². The van der Waals surface area contributed by atoms with Gasteiger partial charge in [-0.1, -0.05) is 5.16 Å². The van der Waals surface area contributed by atoms with E-state index in [4.69, 9.17) is 16.3 Å². The number of oxime groups is 1. The third-order valence-electron chi connectivity index (χ3n) is 4.70. The molecule has 0 radical (unpaired) electrons. The highest BCUT2D eigenvalue weighted by atomic mass is 32.2. The van der Waals surface area contributed by atoms with E-state index in [1.807, 2.05) is 0 Å². The summed E-state index contributed by atoms with van der Waals surface area (Å²) in [6.07, 6.45) is 1.23. The lowest BCUT2D eigenvalue weighted by atomic mass is 9.98. The molecule has 190 valence electrons. The number of rotatable bonds is 10. The van der Waals surface area contributed by atoms with Gasteiger partial charge in [0.2, 0.25) is 5.60 Å². The molecule has 1 saturated heterocycles. The molecule has 19 heteroatoms. The second kappa shape index (κ2) is 9.52. The van der Waals surface area contributed by atoms with E-state index in [2.05, 4.69) is 25.5 Å². The van der Waals surface area contributed by atoms with Gasteiger partial charge in [-0.2, -0.15) is 13.5 Å². The van der Waals surface area contributed by atoms with Crippen molar-refractivity contribution >= 4 is 50.3 Å². The van der Waals surface area contributed by atoms with E-state index in [9.17, 15) is 32.5 Å². The normalized spacial score (nSPS) is 18.8. The Hall–Kier alpha value is -3.68. The highest BCUT2D eigenvalue weighted by molar-refractivity contribution is 7.84. The number of carbonyl (C=O) groups excluding carboxylic acids is 2. The molecule has 2 aromatic rings. The molecule has 3 heterocycles.